The predicted octanol–water partition coefficient (Wildman–Crippen LogP) is 2.22. The zero-order valence-corrected chi connectivity index (χ0v) is 9.23. The molecule has 1 aliphatic heterocycles. The van der Waals surface area contributed by atoms with Crippen molar-refractivity contribution in [3.05, 3.63) is 53.2 Å². The van der Waals surface area contributed by atoms with Crippen LogP contribution in [0.2, 0.25) is 0 Å². The molecule has 1 atom stereocenters. The van der Waals surface area contributed by atoms with Gasteiger partial charge in [-0.2, -0.15) is 0 Å². The average molecular weight is 214 g/mol. The highest BCUT2D eigenvalue weighted by molar-refractivity contribution is 5.37. The topological polar surface area (TPSA) is 38.1 Å². The van der Waals surface area contributed by atoms with E-state index in [9.17, 15) is 0 Å². The predicted molar refractivity (Wildman–Crippen MR) is 61.2 cm³/mol. The van der Waals surface area contributed by atoms with Crippen LogP contribution in [0, 0.1) is 6.92 Å². The van der Waals surface area contributed by atoms with E-state index in [0.29, 0.717) is 0 Å². The van der Waals surface area contributed by atoms with Crippen LogP contribution in [-0.2, 0) is 6.42 Å². The Kier molecular flexibility index (Phi) is 2.26. The lowest BCUT2D eigenvalue weighted by Gasteiger charge is -2.24. The van der Waals surface area contributed by atoms with Crippen molar-refractivity contribution in [3.8, 4) is 0 Å². The van der Waals surface area contributed by atoms with Crippen LogP contribution in [0.3, 0.4) is 0 Å². The zero-order chi connectivity index (χ0) is 11.0. The number of aryl methyl sites for hydroxylation is 1. The van der Waals surface area contributed by atoms with Crippen molar-refractivity contribution in [2.75, 3.05) is 6.54 Å². The first-order chi connectivity index (χ1) is 7.86. The minimum absolute atomic E-state index is 0.233. The molecule has 3 nitrogen and oxygen atoms in total. The molecule has 0 saturated carbocycles. The summed E-state index contributed by atoms with van der Waals surface area (Å²) in [7, 11) is 0. The number of fused-ring (bicyclic) bond motifs is 1. The summed E-state index contributed by atoms with van der Waals surface area (Å²) in [5.74, 6) is 1.10. The molecule has 16 heavy (non-hydrogen) atoms. The molecule has 1 unspecified atom stereocenters. The van der Waals surface area contributed by atoms with Gasteiger partial charge in [-0.1, -0.05) is 0 Å². The van der Waals surface area contributed by atoms with Gasteiger partial charge in [-0.15, -0.1) is 0 Å². The van der Waals surface area contributed by atoms with Crippen LogP contribution in [0.1, 0.15) is 28.5 Å². The van der Waals surface area contributed by atoms with Gasteiger partial charge >= 0.3 is 0 Å². The van der Waals surface area contributed by atoms with Crippen LogP contribution in [0.25, 0.3) is 0 Å². The van der Waals surface area contributed by atoms with Crippen molar-refractivity contribution >= 4 is 0 Å². The number of rotatable bonds is 1. The van der Waals surface area contributed by atoms with E-state index >= 15 is 0 Å². The van der Waals surface area contributed by atoms with E-state index in [-0.39, 0.29) is 6.04 Å². The van der Waals surface area contributed by atoms with E-state index in [1.807, 2.05) is 18.5 Å². The van der Waals surface area contributed by atoms with Crippen LogP contribution in [0.5, 0.6) is 0 Å². The SMILES string of the molecule is Cc1ccncc1C1NCCc2occc21. The minimum atomic E-state index is 0.233. The third-order valence-corrected chi connectivity index (χ3v) is 3.18. The van der Waals surface area contributed by atoms with Crippen molar-refractivity contribution in [1.29, 1.82) is 0 Å². The fourth-order valence-electron chi connectivity index (χ4n) is 2.31. The molecule has 1 aliphatic rings. The molecule has 1 N–H and O–H groups in total. The Bertz CT molecular complexity index is 504. The molecule has 2 aromatic heterocycles. The number of furan rings is 1. The molecular formula is C13H14N2O. The summed E-state index contributed by atoms with van der Waals surface area (Å²) in [6.45, 7) is 3.08. The normalized spacial score (nSPS) is 19.4. The maximum atomic E-state index is 5.49. The Morgan fingerprint density at radius 2 is 2.31 bits per heavy atom. The highest BCUT2D eigenvalue weighted by atomic mass is 16.3. The standard InChI is InChI=1S/C13H14N2O/c1-9-2-5-14-8-11(9)13-10-4-7-16-12(10)3-6-15-13/h2,4-5,7-8,13,15H,3,6H2,1H3. The molecular weight excluding hydrogens is 200 g/mol. The number of nitrogens with one attached hydrogen (secondary N) is 1. The molecule has 0 aliphatic carbocycles. The second kappa shape index (κ2) is 3.76. The molecule has 82 valence electrons. The number of hydrogen-bond donors (Lipinski definition) is 1. The summed E-state index contributed by atoms with van der Waals surface area (Å²) in [6.07, 6.45) is 6.52. The number of pyridine rings is 1. The van der Waals surface area contributed by atoms with Crippen molar-refractivity contribution < 1.29 is 4.42 Å². The van der Waals surface area contributed by atoms with Gasteiger partial charge in [0.15, 0.2) is 0 Å². The van der Waals surface area contributed by atoms with E-state index < -0.39 is 0 Å². The molecule has 0 aromatic carbocycles. The van der Waals surface area contributed by atoms with E-state index in [2.05, 4.69) is 23.3 Å². The summed E-state index contributed by atoms with van der Waals surface area (Å²) in [5.41, 5.74) is 3.76. The van der Waals surface area contributed by atoms with E-state index in [4.69, 9.17) is 4.42 Å². The van der Waals surface area contributed by atoms with Crippen LogP contribution in [0.15, 0.2) is 35.2 Å². The second-order valence-corrected chi connectivity index (χ2v) is 4.17. The minimum Gasteiger partial charge on any atom is -0.469 e. The van der Waals surface area contributed by atoms with Gasteiger partial charge in [-0.05, 0) is 30.2 Å². The quantitative estimate of drug-likeness (QED) is 0.791. The van der Waals surface area contributed by atoms with Crippen LogP contribution in [-0.4, -0.2) is 11.5 Å². The van der Waals surface area contributed by atoms with Gasteiger partial charge in [0.1, 0.15) is 5.76 Å². The summed E-state index contributed by atoms with van der Waals surface area (Å²) in [4.78, 5) is 4.21. The molecule has 0 radical (unpaired) electrons. The van der Waals surface area contributed by atoms with Gasteiger partial charge in [-0.25, -0.2) is 0 Å². The fraction of sp³-hybridized carbons (Fsp3) is 0.308. The maximum Gasteiger partial charge on any atom is 0.110 e. The maximum absolute atomic E-state index is 5.49. The molecule has 0 amide bonds. The van der Waals surface area contributed by atoms with Gasteiger partial charge in [0, 0.05) is 30.9 Å². The summed E-state index contributed by atoms with van der Waals surface area (Å²) in [6, 6.07) is 4.33. The number of nitrogens with zero attached hydrogens (tertiary/aromatic N) is 1. The van der Waals surface area contributed by atoms with E-state index in [1.54, 1.807) is 6.26 Å². The lowest BCUT2D eigenvalue weighted by Crippen LogP contribution is -2.30. The summed E-state index contributed by atoms with van der Waals surface area (Å²) >= 11 is 0. The largest absolute Gasteiger partial charge is 0.469 e. The van der Waals surface area contributed by atoms with Gasteiger partial charge in [0.25, 0.3) is 0 Å². The molecule has 0 bridgehead atoms. The lowest BCUT2D eigenvalue weighted by molar-refractivity contribution is 0.455. The Labute approximate surface area is 94.5 Å². The van der Waals surface area contributed by atoms with Gasteiger partial charge < -0.3 is 9.73 Å². The number of aromatic nitrogens is 1. The monoisotopic (exact) mass is 214 g/mol. The Balaban J connectivity index is 2.08. The molecule has 2 aromatic rings. The van der Waals surface area contributed by atoms with Gasteiger partial charge in [0.05, 0.1) is 12.3 Å². The highest BCUT2D eigenvalue weighted by Gasteiger charge is 2.24. The van der Waals surface area contributed by atoms with Crippen molar-refractivity contribution in [2.24, 2.45) is 0 Å². The average Bonchev–Trinajstić information content (AvgIpc) is 2.77. The van der Waals surface area contributed by atoms with Crippen LogP contribution < -0.4 is 5.32 Å². The summed E-state index contributed by atoms with van der Waals surface area (Å²) < 4.78 is 5.49. The molecule has 0 fully saturated rings. The van der Waals surface area contributed by atoms with E-state index in [1.165, 1.54) is 16.7 Å². The molecule has 3 heterocycles. The van der Waals surface area contributed by atoms with E-state index in [0.717, 1.165) is 18.7 Å². The van der Waals surface area contributed by atoms with Gasteiger partial charge in [-0.3, -0.25) is 4.98 Å². The van der Waals surface area contributed by atoms with Crippen LogP contribution in [0.4, 0.5) is 0 Å². The smallest absolute Gasteiger partial charge is 0.110 e. The Hall–Kier alpha value is -1.61. The first-order valence-electron chi connectivity index (χ1n) is 5.56. The Morgan fingerprint density at radius 1 is 1.38 bits per heavy atom. The Morgan fingerprint density at radius 3 is 3.19 bits per heavy atom. The zero-order valence-electron chi connectivity index (χ0n) is 9.23. The highest BCUT2D eigenvalue weighted by Crippen LogP contribution is 2.30. The fourth-order valence-corrected chi connectivity index (χ4v) is 2.31. The summed E-state index contributed by atoms with van der Waals surface area (Å²) in [5, 5.41) is 3.52. The van der Waals surface area contributed by atoms with Gasteiger partial charge in [0.2, 0.25) is 0 Å². The van der Waals surface area contributed by atoms with Crippen molar-refractivity contribution in [3.63, 3.8) is 0 Å². The van der Waals surface area contributed by atoms with Crippen molar-refractivity contribution in [1.82, 2.24) is 10.3 Å². The molecule has 3 heteroatoms. The first-order valence-corrected chi connectivity index (χ1v) is 5.56. The lowest BCUT2D eigenvalue weighted by atomic mass is 9.93. The molecule has 0 spiro atoms. The van der Waals surface area contributed by atoms with Crippen LogP contribution >= 0.6 is 0 Å². The third kappa shape index (κ3) is 1.44. The number of hydrogen-bond acceptors (Lipinski definition) is 3. The molecule has 3 rings (SSSR count). The first kappa shape index (κ1) is 9.60. The third-order valence-electron chi connectivity index (χ3n) is 3.18. The molecule has 0 saturated heterocycles. The van der Waals surface area contributed by atoms with Crippen molar-refractivity contribution in [2.45, 2.75) is 19.4 Å². The second-order valence-electron chi connectivity index (χ2n) is 4.17.